The third kappa shape index (κ3) is 5.54. The maximum absolute atomic E-state index is 13.5. The third-order valence-corrected chi connectivity index (χ3v) is 8.30. The van der Waals surface area contributed by atoms with Crippen molar-refractivity contribution in [2.45, 2.75) is 30.2 Å². The summed E-state index contributed by atoms with van der Waals surface area (Å²) in [6.45, 7) is 1.95. The molecule has 1 heterocycles. The van der Waals surface area contributed by atoms with Crippen molar-refractivity contribution in [3.05, 3.63) is 117 Å². The molecule has 0 saturated heterocycles. The monoisotopic (exact) mass is 586 g/mol. The van der Waals surface area contributed by atoms with Crippen molar-refractivity contribution < 1.29 is 14.4 Å². The van der Waals surface area contributed by atoms with Gasteiger partial charge in [-0.1, -0.05) is 63.6 Å². The van der Waals surface area contributed by atoms with Crippen LogP contribution in [0.15, 0.2) is 105 Å². The highest BCUT2D eigenvalue weighted by Crippen LogP contribution is 2.41. The Bertz CT molecular complexity index is 1480. The number of nitrogens with zero attached hydrogens (tertiary/aromatic N) is 1. The lowest BCUT2D eigenvalue weighted by atomic mass is 9.85. The van der Waals surface area contributed by atoms with Crippen molar-refractivity contribution in [3.8, 4) is 0 Å². The van der Waals surface area contributed by atoms with Gasteiger partial charge in [0.2, 0.25) is 5.78 Å². The van der Waals surface area contributed by atoms with Crippen LogP contribution in [0.2, 0.25) is 0 Å². The number of fused-ring (bicyclic) bond motifs is 3. The molecule has 0 aromatic heterocycles. The van der Waals surface area contributed by atoms with E-state index in [1.165, 1.54) is 7.11 Å². The van der Waals surface area contributed by atoms with Crippen molar-refractivity contribution in [3.63, 3.8) is 0 Å². The molecular formula is C31H27BrN2O3S. The number of anilines is 1. The number of thioether (sulfide) groups is 1. The number of hydrogen-bond acceptors (Lipinski definition) is 6. The highest BCUT2D eigenvalue weighted by atomic mass is 79.9. The molecule has 0 radical (unpaired) electrons. The van der Waals surface area contributed by atoms with Gasteiger partial charge < -0.3 is 10.2 Å². The minimum atomic E-state index is -0.140. The van der Waals surface area contributed by atoms with E-state index < -0.39 is 0 Å². The number of carbonyl (C=O) groups is 2. The van der Waals surface area contributed by atoms with E-state index in [1.54, 1.807) is 11.8 Å². The first kappa shape index (κ1) is 26.2. The zero-order valence-electron chi connectivity index (χ0n) is 21.1. The quantitative estimate of drug-likeness (QED) is 0.125. The Morgan fingerprint density at radius 3 is 2.63 bits per heavy atom. The van der Waals surface area contributed by atoms with Gasteiger partial charge in [-0.2, -0.15) is 0 Å². The molecule has 3 aromatic carbocycles. The summed E-state index contributed by atoms with van der Waals surface area (Å²) >= 11 is 5.12. The molecule has 1 aliphatic carbocycles. The van der Waals surface area contributed by atoms with Crippen LogP contribution in [0.4, 0.5) is 5.69 Å². The predicted octanol–water partition coefficient (Wildman–Crippen LogP) is 7.12. The van der Waals surface area contributed by atoms with E-state index in [9.17, 15) is 9.59 Å². The van der Waals surface area contributed by atoms with Gasteiger partial charge in [-0.25, -0.2) is 0 Å². The van der Waals surface area contributed by atoms with E-state index in [-0.39, 0.29) is 23.5 Å². The van der Waals surface area contributed by atoms with Crippen molar-refractivity contribution >= 4 is 50.7 Å². The molecule has 5 nitrogen and oxygen atoms in total. The fraction of sp³-hybridized carbons (Fsp3) is 0.194. The SMILES string of the molecule is CO/N=C(\CCSc1ccc(Br)cc1)C(=O)C1=CC2c3cc(C(=O)c4ccccc4C)ccc3NC2C=C1. The summed E-state index contributed by atoms with van der Waals surface area (Å²) in [6, 6.07) is 21.5. The number of oxime groups is 1. The molecule has 0 amide bonds. The van der Waals surface area contributed by atoms with E-state index in [2.05, 4.69) is 26.4 Å². The number of nitrogens with one attached hydrogen (secondary N) is 1. The topological polar surface area (TPSA) is 67.8 Å². The molecule has 1 aliphatic heterocycles. The summed E-state index contributed by atoms with van der Waals surface area (Å²) in [5.41, 5.74) is 5.26. The second-order valence-electron chi connectivity index (χ2n) is 9.23. The van der Waals surface area contributed by atoms with Crippen LogP contribution in [0, 0.1) is 6.92 Å². The fourth-order valence-electron chi connectivity index (χ4n) is 4.80. The van der Waals surface area contributed by atoms with Crippen LogP contribution in [0.1, 0.15) is 39.4 Å². The van der Waals surface area contributed by atoms with Gasteiger partial charge in [-0.15, -0.1) is 11.8 Å². The number of benzene rings is 3. The molecule has 1 N–H and O–H groups in total. The maximum atomic E-state index is 13.5. The van der Waals surface area contributed by atoms with Crippen LogP contribution >= 0.6 is 27.7 Å². The summed E-state index contributed by atoms with van der Waals surface area (Å²) in [7, 11) is 1.46. The maximum Gasteiger partial charge on any atom is 0.210 e. The van der Waals surface area contributed by atoms with Crippen molar-refractivity contribution in [1.82, 2.24) is 0 Å². The Balaban J connectivity index is 1.34. The second-order valence-corrected chi connectivity index (χ2v) is 11.3. The molecule has 2 atom stereocenters. The lowest BCUT2D eigenvalue weighted by Crippen LogP contribution is -2.24. The number of Topliss-reactive ketones (excluding diaryl/α,β-unsaturated/α-hetero) is 1. The van der Waals surface area contributed by atoms with E-state index in [0.29, 0.717) is 34.6 Å². The Hall–Kier alpha value is -3.42. The first-order chi connectivity index (χ1) is 18.4. The number of carbonyl (C=O) groups excluding carboxylic acids is 2. The average Bonchev–Trinajstić information content (AvgIpc) is 3.30. The molecule has 0 spiro atoms. The predicted molar refractivity (Wildman–Crippen MR) is 157 cm³/mol. The van der Waals surface area contributed by atoms with Crippen LogP contribution in [-0.2, 0) is 9.63 Å². The summed E-state index contributed by atoms with van der Waals surface area (Å²) < 4.78 is 1.03. The first-order valence-electron chi connectivity index (χ1n) is 12.4. The number of ketones is 2. The molecule has 2 aliphatic rings. The number of rotatable bonds is 9. The Morgan fingerprint density at radius 2 is 1.87 bits per heavy atom. The highest BCUT2D eigenvalue weighted by Gasteiger charge is 2.33. The van der Waals surface area contributed by atoms with Gasteiger partial charge in [-0.3, -0.25) is 9.59 Å². The van der Waals surface area contributed by atoms with Gasteiger partial charge in [-0.05, 0) is 60.5 Å². The third-order valence-electron chi connectivity index (χ3n) is 6.76. The van der Waals surface area contributed by atoms with E-state index in [1.807, 2.05) is 91.9 Å². The molecule has 3 aromatic rings. The number of hydrogen-bond donors (Lipinski definition) is 1. The minimum Gasteiger partial charge on any atom is -0.399 e. The van der Waals surface area contributed by atoms with Gasteiger partial charge >= 0.3 is 0 Å². The number of halogens is 1. The van der Waals surface area contributed by atoms with Crippen LogP contribution in [0.5, 0.6) is 0 Å². The van der Waals surface area contributed by atoms with E-state index >= 15 is 0 Å². The minimum absolute atomic E-state index is 0.00114. The smallest absolute Gasteiger partial charge is 0.210 e. The van der Waals surface area contributed by atoms with Gasteiger partial charge in [0, 0.05) is 49.8 Å². The standard InChI is InChI=1S/C31H27BrN2O3S/c1-19-5-3-4-6-24(19)30(35)20-7-13-27-25(17-20)26-18-21(8-14-28(26)33-27)31(36)29(34-37-2)15-16-38-23-11-9-22(32)10-12-23/h3-14,17-18,26,28,33H,15-16H2,1-2H3/b34-29+. The molecule has 2 unspecified atom stereocenters. The molecule has 192 valence electrons. The first-order valence-corrected chi connectivity index (χ1v) is 14.2. The lowest BCUT2D eigenvalue weighted by molar-refractivity contribution is -0.109. The van der Waals surface area contributed by atoms with Gasteiger partial charge in [0.15, 0.2) is 5.78 Å². The van der Waals surface area contributed by atoms with Gasteiger partial charge in [0.05, 0.1) is 6.04 Å². The summed E-state index contributed by atoms with van der Waals surface area (Å²) in [4.78, 5) is 32.8. The molecule has 0 fully saturated rings. The largest absolute Gasteiger partial charge is 0.399 e. The Morgan fingerprint density at radius 1 is 1.08 bits per heavy atom. The Labute approximate surface area is 235 Å². The molecule has 7 heteroatoms. The van der Waals surface area contributed by atoms with Gasteiger partial charge in [0.1, 0.15) is 12.8 Å². The lowest BCUT2D eigenvalue weighted by Gasteiger charge is -2.19. The summed E-state index contributed by atoms with van der Waals surface area (Å²) in [6.07, 6.45) is 6.34. The molecule has 0 bridgehead atoms. The summed E-state index contributed by atoms with van der Waals surface area (Å²) in [5, 5.41) is 7.57. The zero-order valence-corrected chi connectivity index (χ0v) is 23.5. The fourth-order valence-corrected chi connectivity index (χ4v) is 5.92. The van der Waals surface area contributed by atoms with E-state index in [4.69, 9.17) is 4.84 Å². The molecular weight excluding hydrogens is 560 g/mol. The highest BCUT2D eigenvalue weighted by molar-refractivity contribution is 9.10. The van der Waals surface area contributed by atoms with Crippen LogP contribution < -0.4 is 5.32 Å². The van der Waals surface area contributed by atoms with Crippen LogP contribution in [0.3, 0.4) is 0 Å². The number of allylic oxidation sites excluding steroid dienone is 2. The number of aryl methyl sites for hydroxylation is 1. The van der Waals surface area contributed by atoms with Crippen molar-refractivity contribution in [1.29, 1.82) is 0 Å². The summed E-state index contributed by atoms with van der Waals surface area (Å²) in [5.74, 6) is 0.504. The zero-order chi connectivity index (χ0) is 26.6. The van der Waals surface area contributed by atoms with Crippen LogP contribution in [-0.4, -0.2) is 36.2 Å². The van der Waals surface area contributed by atoms with Crippen molar-refractivity contribution in [2.24, 2.45) is 5.16 Å². The van der Waals surface area contributed by atoms with Crippen LogP contribution in [0.25, 0.3) is 0 Å². The average molecular weight is 588 g/mol. The molecule has 0 saturated carbocycles. The normalized spacial score (nSPS) is 17.8. The second kappa shape index (κ2) is 11.5. The molecule has 38 heavy (non-hydrogen) atoms. The molecule has 5 rings (SSSR count). The van der Waals surface area contributed by atoms with Crippen molar-refractivity contribution in [2.75, 3.05) is 18.2 Å². The Kier molecular flexibility index (Phi) is 7.95. The van der Waals surface area contributed by atoms with Gasteiger partial charge in [0.25, 0.3) is 0 Å². The van der Waals surface area contributed by atoms with E-state index in [0.717, 1.165) is 26.2 Å².